The highest BCUT2D eigenvalue weighted by molar-refractivity contribution is 9.10. The topological polar surface area (TPSA) is 80.9 Å². The van der Waals surface area contributed by atoms with Crippen LogP contribution in [0.3, 0.4) is 0 Å². The number of nitrogens with zero attached hydrogens (tertiary/aromatic N) is 3. The van der Waals surface area contributed by atoms with Gasteiger partial charge in [-0.1, -0.05) is 5.16 Å². The van der Waals surface area contributed by atoms with Crippen molar-refractivity contribution in [2.45, 2.75) is 20.3 Å². The van der Waals surface area contributed by atoms with Crippen LogP contribution in [0, 0.1) is 13.8 Å². The molecule has 0 aliphatic carbocycles. The lowest BCUT2D eigenvalue weighted by Crippen LogP contribution is -2.27. The molecule has 0 atom stereocenters. The Hall–Kier alpha value is -1.76. The monoisotopic (exact) mass is 324 g/mol. The number of nitrogens with one attached hydrogen (secondary N) is 1. The second kappa shape index (κ2) is 5.92. The first-order chi connectivity index (χ1) is 9.06. The summed E-state index contributed by atoms with van der Waals surface area (Å²) in [5.41, 5.74) is 1.17. The summed E-state index contributed by atoms with van der Waals surface area (Å²) in [6.45, 7) is 4.01. The summed E-state index contributed by atoms with van der Waals surface area (Å²) < 4.78 is 5.63. The fraction of sp³-hybridized carbons (Fsp3) is 0.333. The van der Waals surface area contributed by atoms with Gasteiger partial charge in [-0.2, -0.15) is 4.98 Å². The van der Waals surface area contributed by atoms with Crippen molar-refractivity contribution >= 4 is 21.8 Å². The lowest BCUT2D eigenvalue weighted by atomic mass is 10.3. The van der Waals surface area contributed by atoms with Gasteiger partial charge in [0.05, 0.1) is 0 Å². The lowest BCUT2D eigenvalue weighted by molar-refractivity contribution is 0.0947. The first-order valence-corrected chi connectivity index (χ1v) is 6.56. The molecule has 2 heterocycles. The van der Waals surface area contributed by atoms with E-state index < -0.39 is 0 Å². The predicted octanol–water partition coefficient (Wildman–Crippen LogP) is 1.82. The quantitative estimate of drug-likeness (QED) is 0.927. The normalized spacial score (nSPS) is 10.5. The van der Waals surface area contributed by atoms with E-state index in [1.165, 1.54) is 0 Å². The van der Waals surface area contributed by atoms with Crippen LogP contribution in [0.4, 0.5) is 0 Å². The molecule has 0 saturated carbocycles. The van der Waals surface area contributed by atoms with Crippen molar-refractivity contribution < 1.29 is 9.32 Å². The van der Waals surface area contributed by atoms with Gasteiger partial charge in [-0.15, -0.1) is 0 Å². The fourth-order valence-corrected chi connectivity index (χ4v) is 1.91. The first-order valence-electron chi connectivity index (χ1n) is 5.77. The summed E-state index contributed by atoms with van der Waals surface area (Å²) in [5, 5.41) is 6.45. The van der Waals surface area contributed by atoms with Crippen molar-refractivity contribution in [2.75, 3.05) is 6.54 Å². The van der Waals surface area contributed by atoms with Crippen LogP contribution >= 0.6 is 15.9 Å². The number of amides is 1. The molecule has 2 aromatic rings. The highest BCUT2D eigenvalue weighted by Gasteiger charge is 2.12. The number of rotatable bonds is 4. The highest BCUT2D eigenvalue weighted by Crippen LogP contribution is 2.14. The van der Waals surface area contributed by atoms with E-state index in [2.05, 4.69) is 36.4 Å². The van der Waals surface area contributed by atoms with Crippen LogP contribution in [0.1, 0.15) is 27.9 Å². The molecular formula is C12H13BrN4O2. The molecule has 2 aromatic heterocycles. The molecule has 0 spiro atoms. The second-order valence-electron chi connectivity index (χ2n) is 4.02. The third-order valence-electron chi connectivity index (χ3n) is 2.39. The molecule has 0 fully saturated rings. The lowest BCUT2D eigenvalue weighted by Gasteiger charge is -2.05. The second-order valence-corrected chi connectivity index (χ2v) is 4.88. The van der Waals surface area contributed by atoms with Crippen molar-refractivity contribution in [2.24, 2.45) is 0 Å². The highest BCUT2D eigenvalue weighted by atomic mass is 79.9. The Morgan fingerprint density at radius 3 is 2.84 bits per heavy atom. The van der Waals surface area contributed by atoms with Gasteiger partial charge < -0.3 is 9.84 Å². The van der Waals surface area contributed by atoms with E-state index in [0.717, 1.165) is 5.69 Å². The Bertz CT molecular complexity index is 597. The van der Waals surface area contributed by atoms with Crippen LogP contribution in [0.2, 0.25) is 0 Å². The van der Waals surface area contributed by atoms with E-state index in [9.17, 15) is 4.79 Å². The van der Waals surface area contributed by atoms with Crippen LogP contribution in [-0.2, 0) is 6.42 Å². The maximum Gasteiger partial charge on any atom is 0.271 e. The average Bonchev–Trinajstić information content (AvgIpc) is 2.78. The van der Waals surface area contributed by atoms with Gasteiger partial charge >= 0.3 is 0 Å². The van der Waals surface area contributed by atoms with E-state index >= 15 is 0 Å². The smallest absolute Gasteiger partial charge is 0.271 e. The molecule has 0 bridgehead atoms. The summed E-state index contributed by atoms with van der Waals surface area (Å²) >= 11 is 3.31. The Kier molecular flexibility index (Phi) is 4.26. The molecule has 0 saturated heterocycles. The minimum absolute atomic E-state index is 0.230. The van der Waals surface area contributed by atoms with Crippen molar-refractivity contribution in [3.05, 3.63) is 39.7 Å². The van der Waals surface area contributed by atoms with Gasteiger partial charge in [-0.3, -0.25) is 4.79 Å². The minimum atomic E-state index is -0.230. The van der Waals surface area contributed by atoms with Crippen molar-refractivity contribution in [1.82, 2.24) is 20.4 Å². The van der Waals surface area contributed by atoms with Crippen LogP contribution in [0.5, 0.6) is 0 Å². The van der Waals surface area contributed by atoms with Gasteiger partial charge in [-0.25, -0.2) is 4.98 Å². The van der Waals surface area contributed by atoms with Gasteiger partial charge in [0.1, 0.15) is 5.69 Å². The van der Waals surface area contributed by atoms with Gasteiger partial charge in [0.15, 0.2) is 5.82 Å². The van der Waals surface area contributed by atoms with Gasteiger partial charge in [0, 0.05) is 23.1 Å². The van der Waals surface area contributed by atoms with Gasteiger partial charge in [-0.05, 0) is 41.9 Å². The Morgan fingerprint density at radius 2 is 2.16 bits per heavy atom. The first kappa shape index (κ1) is 13.7. The van der Waals surface area contributed by atoms with Crippen molar-refractivity contribution in [3.8, 4) is 0 Å². The molecule has 1 N–H and O–H groups in total. The summed E-state index contributed by atoms with van der Waals surface area (Å²) in [5.74, 6) is 0.866. The van der Waals surface area contributed by atoms with E-state index in [0.29, 0.717) is 34.8 Å². The SMILES string of the molecule is Cc1ccc(Br)c(C(=O)NCCc2nc(C)no2)n1. The average molecular weight is 325 g/mol. The third kappa shape index (κ3) is 3.60. The zero-order chi connectivity index (χ0) is 13.8. The van der Waals surface area contributed by atoms with Crippen LogP contribution in [0.25, 0.3) is 0 Å². The molecule has 0 aliphatic rings. The number of halogens is 1. The zero-order valence-electron chi connectivity index (χ0n) is 10.6. The molecule has 6 nitrogen and oxygen atoms in total. The number of hydrogen-bond acceptors (Lipinski definition) is 5. The molecule has 2 rings (SSSR count). The Morgan fingerprint density at radius 1 is 1.37 bits per heavy atom. The van der Waals surface area contributed by atoms with Crippen molar-refractivity contribution in [1.29, 1.82) is 0 Å². The summed E-state index contributed by atoms with van der Waals surface area (Å²) in [6.07, 6.45) is 0.496. The molecule has 0 aromatic carbocycles. The van der Waals surface area contributed by atoms with Crippen molar-refractivity contribution in [3.63, 3.8) is 0 Å². The number of pyridine rings is 1. The zero-order valence-corrected chi connectivity index (χ0v) is 12.2. The fourth-order valence-electron chi connectivity index (χ4n) is 1.51. The van der Waals surface area contributed by atoms with E-state index in [-0.39, 0.29) is 5.91 Å². The number of hydrogen-bond donors (Lipinski definition) is 1. The van der Waals surface area contributed by atoms with Gasteiger partial charge in [0.25, 0.3) is 5.91 Å². The van der Waals surface area contributed by atoms with Crippen LogP contribution in [-0.4, -0.2) is 27.6 Å². The minimum Gasteiger partial charge on any atom is -0.350 e. The number of aryl methyl sites for hydroxylation is 2. The molecule has 0 aliphatic heterocycles. The summed E-state index contributed by atoms with van der Waals surface area (Å²) in [7, 11) is 0. The maximum absolute atomic E-state index is 11.9. The van der Waals surface area contributed by atoms with E-state index in [1.807, 2.05) is 13.0 Å². The van der Waals surface area contributed by atoms with Crippen LogP contribution < -0.4 is 5.32 Å². The molecule has 7 heteroatoms. The van der Waals surface area contributed by atoms with Gasteiger partial charge in [0.2, 0.25) is 5.89 Å². The molecule has 100 valence electrons. The van der Waals surface area contributed by atoms with E-state index in [4.69, 9.17) is 4.52 Å². The molecule has 19 heavy (non-hydrogen) atoms. The Balaban J connectivity index is 1.92. The molecule has 0 radical (unpaired) electrons. The summed E-state index contributed by atoms with van der Waals surface area (Å²) in [4.78, 5) is 20.2. The molecular weight excluding hydrogens is 312 g/mol. The number of carbonyl (C=O) groups is 1. The maximum atomic E-state index is 11.9. The molecule has 0 unspecified atom stereocenters. The van der Waals surface area contributed by atoms with Crippen LogP contribution in [0.15, 0.2) is 21.1 Å². The number of carbonyl (C=O) groups excluding carboxylic acids is 1. The largest absolute Gasteiger partial charge is 0.350 e. The molecule has 1 amide bonds. The predicted molar refractivity (Wildman–Crippen MR) is 71.7 cm³/mol. The summed E-state index contributed by atoms with van der Waals surface area (Å²) in [6, 6.07) is 3.64. The standard InChI is InChI=1S/C12H13BrN4O2/c1-7-3-4-9(13)11(15-7)12(18)14-6-5-10-16-8(2)17-19-10/h3-4H,5-6H2,1-2H3,(H,14,18). The Labute approximate surface area is 118 Å². The third-order valence-corrected chi connectivity index (χ3v) is 3.03. The number of aromatic nitrogens is 3. The van der Waals surface area contributed by atoms with E-state index in [1.54, 1.807) is 13.0 Å².